The van der Waals surface area contributed by atoms with Gasteiger partial charge in [0.25, 0.3) is 0 Å². The van der Waals surface area contributed by atoms with E-state index < -0.39 is 0 Å². The monoisotopic (exact) mass is 263 g/mol. The molecule has 0 aromatic carbocycles. The van der Waals surface area contributed by atoms with E-state index >= 15 is 0 Å². The summed E-state index contributed by atoms with van der Waals surface area (Å²) in [6.07, 6.45) is 0. The average molecular weight is 263 g/mol. The molecular formula is C8H10INO. The van der Waals surface area contributed by atoms with Crippen molar-refractivity contribution in [2.75, 3.05) is 0 Å². The van der Waals surface area contributed by atoms with E-state index in [4.69, 9.17) is 3.07 Å². The van der Waals surface area contributed by atoms with E-state index in [0.29, 0.717) is 11.8 Å². The summed E-state index contributed by atoms with van der Waals surface area (Å²) < 4.78 is 4.96. The summed E-state index contributed by atoms with van der Waals surface area (Å²) >= 11 is 1.83. The molecule has 0 aliphatic carbocycles. The Morgan fingerprint density at radius 1 is 1.45 bits per heavy atom. The fourth-order valence-electron chi connectivity index (χ4n) is 0.795. The molecule has 3 heteroatoms. The van der Waals surface area contributed by atoms with Crippen LogP contribution in [-0.4, -0.2) is 4.98 Å². The zero-order chi connectivity index (χ0) is 8.27. The van der Waals surface area contributed by atoms with Crippen molar-refractivity contribution in [2.24, 2.45) is 0 Å². The third-order valence-corrected chi connectivity index (χ3v) is 1.87. The Labute approximate surface area is 80.7 Å². The Hall–Kier alpha value is -0.320. The predicted molar refractivity (Wildman–Crippen MR) is 53.0 cm³/mol. The lowest BCUT2D eigenvalue weighted by molar-refractivity contribution is 0.664. The van der Waals surface area contributed by atoms with Crippen LogP contribution in [0, 0.1) is 0 Å². The van der Waals surface area contributed by atoms with Crippen molar-refractivity contribution in [1.82, 2.24) is 4.98 Å². The summed E-state index contributed by atoms with van der Waals surface area (Å²) in [5.74, 6) is 1.14. The quantitative estimate of drug-likeness (QED) is 0.765. The van der Waals surface area contributed by atoms with E-state index in [-0.39, 0.29) is 0 Å². The fourth-order valence-corrected chi connectivity index (χ4v) is 1.04. The lowest BCUT2D eigenvalue weighted by Crippen LogP contribution is -1.92. The molecule has 60 valence electrons. The predicted octanol–water partition coefficient (Wildman–Crippen LogP) is 2.93. The number of aromatic nitrogens is 1. The lowest BCUT2D eigenvalue weighted by atomic mass is 10.1. The molecule has 0 radical (unpaired) electrons. The second kappa shape index (κ2) is 3.90. The van der Waals surface area contributed by atoms with Gasteiger partial charge in [0.2, 0.25) is 5.88 Å². The molecule has 0 saturated carbocycles. The highest BCUT2D eigenvalue weighted by atomic mass is 127. The first kappa shape index (κ1) is 8.77. The molecule has 0 saturated heterocycles. The van der Waals surface area contributed by atoms with Crippen LogP contribution in [0.15, 0.2) is 18.2 Å². The molecule has 0 N–H and O–H groups in total. The van der Waals surface area contributed by atoms with E-state index in [0.717, 1.165) is 5.69 Å². The van der Waals surface area contributed by atoms with Gasteiger partial charge in [-0.25, -0.2) is 4.98 Å². The molecule has 1 rings (SSSR count). The zero-order valence-corrected chi connectivity index (χ0v) is 8.70. The zero-order valence-electron chi connectivity index (χ0n) is 6.54. The molecule has 0 aliphatic rings. The average Bonchev–Trinajstić information content (AvgIpc) is 2.05. The van der Waals surface area contributed by atoms with Gasteiger partial charge in [-0.3, -0.25) is 0 Å². The normalized spacial score (nSPS) is 10.2. The van der Waals surface area contributed by atoms with Gasteiger partial charge in [0.1, 0.15) is 0 Å². The number of nitrogens with zero attached hydrogens (tertiary/aromatic N) is 1. The Bertz CT molecular complexity index is 237. The molecule has 0 bridgehead atoms. The second-order valence-corrected chi connectivity index (χ2v) is 3.07. The molecule has 0 aliphatic heterocycles. The first-order chi connectivity index (χ1) is 5.24. The first-order valence-electron chi connectivity index (χ1n) is 3.49. The number of hydrogen-bond donors (Lipinski definition) is 0. The number of rotatable bonds is 2. The fraction of sp³-hybridized carbons (Fsp3) is 0.375. The molecule has 0 unspecified atom stereocenters. The summed E-state index contributed by atoms with van der Waals surface area (Å²) in [5, 5.41) is 0. The molecule has 1 aromatic rings. The minimum atomic E-state index is 0.460. The molecule has 0 fully saturated rings. The molecule has 1 aromatic heterocycles. The summed E-state index contributed by atoms with van der Waals surface area (Å²) in [6, 6.07) is 5.80. The van der Waals surface area contributed by atoms with Gasteiger partial charge in [0, 0.05) is 11.8 Å². The van der Waals surface area contributed by atoms with Gasteiger partial charge >= 0.3 is 0 Å². The third kappa shape index (κ3) is 2.32. The van der Waals surface area contributed by atoms with Crippen LogP contribution in [-0.2, 0) is 0 Å². The van der Waals surface area contributed by atoms with E-state index in [9.17, 15) is 0 Å². The number of pyridine rings is 1. The SMILES string of the molecule is CC(C)c1cccc(OI)n1. The number of hydrogen-bond acceptors (Lipinski definition) is 2. The maximum atomic E-state index is 4.96. The summed E-state index contributed by atoms with van der Waals surface area (Å²) in [4.78, 5) is 4.26. The lowest BCUT2D eigenvalue weighted by Gasteiger charge is -2.03. The van der Waals surface area contributed by atoms with Crippen molar-refractivity contribution in [2.45, 2.75) is 19.8 Å². The third-order valence-electron chi connectivity index (χ3n) is 1.42. The maximum absolute atomic E-state index is 4.96. The summed E-state index contributed by atoms with van der Waals surface area (Å²) in [6.45, 7) is 4.22. The largest absolute Gasteiger partial charge is 0.408 e. The minimum absolute atomic E-state index is 0.460. The Morgan fingerprint density at radius 2 is 2.18 bits per heavy atom. The summed E-state index contributed by atoms with van der Waals surface area (Å²) in [7, 11) is 0. The van der Waals surface area contributed by atoms with E-state index in [2.05, 4.69) is 18.8 Å². The minimum Gasteiger partial charge on any atom is -0.408 e. The molecule has 0 amide bonds. The highest BCUT2D eigenvalue weighted by molar-refractivity contribution is 14.1. The van der Waals surface area contributed by atoms with Crippen molar-refractivity contribution in [1.29, 1.82) is 0 Å². The van der Waals surface area contributed by atoms with Crippen LogP contribution in [0.1, 0.15) is 25.5 Å². The van der Waals surface area contributed by atoms with E-state index in [1.54, 1.807) is 0 Å². The van der Waals surface area contributed by atoms with Crippen molar-refractivity contribution < 1.29 is 3.07 Å². The van der Waals surface area contributed by atoms with Crippen LogP contribution in [0.4, 0.5) is 0 Å². The van der Waals surface area contributed by atoms with Gasteiger partial charge in [-0.2, -0.15) is 0 Å². The van der Waals surface area contributed by atoms with Crippen molar-refractivity contribution >= 4 is 23.0 Å². The molecule has 0 atom stereocenters. The van der Waals surface area contributed by atoms with Gasteiger partial charge in [-0.05, 0) is 12.0 Å². The van der Waals surface area contributed by atoms with Crippen molar-refractivity contribution in [3.63, 3.8) is 0 Å². The van der Waals surface area contributed by atoms with Gasteiger partial charge in [-0.15, -0.1) is 0 Å². The van der Waals surface area contributed by atoms with Crippen molar-refractivity contribution in [3.05, 3.63) is 23.9 Å². The summed E-state index contributed by atoms with van der Waals surface area (Å²) in [5.41, 5.74) is 1.07. The Balaban J connectivity index is 2.91. The van der Waals surface area contributed by atoms with E-state index in [1.165, 1.54) is 0 Å². The molecular weight excluding hydrogens is 253 g/mol. The van der Waals surface area contributed by atoms with E-state index in [1.807, 2.05) is 41.2 Å². The standard InChI is InChI=1S/C8H10INO/c1-6(2)7-4-3-5-8(10-7)11-9/h3-6H,1-2H3. The Morgan fingerprint density at radius 3 is 2.73 bits per heavy atom. The second-order valence-electron chi connectivity index (χ2n) is 2.63. The molecule has 0 spiro atoms. The molecule has 2 nitrogen and oxygen atoms in total. The van der Waals surface area contributed by atoms with Gasteiger partial charge in [-0.1, -0.05) is 19.9 Å². The van der Waals surface area contributed by atoms with Crippen molar-refractivity contribution in [3.8, 4) is 5.88 Å². The van der Waals surface area contributed by atoms with Crippen LogP contribution < -0.4 is 3.07 Å². The van der Waals surface area contributed by atoms with Crippen LogP contribution >= 0.6 is 23.0 Å². The number of halogens is 1. The first-order valence-corrected chi connectivity index (χ1v) is 4.37. The van der Waals surface area contributed by atoms with Crippen LogP contribution in [0.3, 0.4) is 0 Å². The van der Waals surface area contributed by atoms with Crippen LogP contribution in [0.25, 0.3) is 0 Å². The smallest absolute Gasteiger partial charge is 0.224 e. The topological polar surface area (TPSA) is 22.1 Å². The molecule has 1 heterocycles. The molecule has 11 heavy (non-hydrogen) atoms. The highest BCUT2D eigenvalue weighted by Crippen LogP contribution is 2.16. The van der Waals surface area contributed by atoms with Crippen LogP contribution in [0.2, 0.25) is 0 Å². The Kier molecular flexibility index (Phi) is 3.11. The van der Waals surface area contributed by atoms with Gasteiger partial charge in [0.15, 0.2) is 23.0 Å². The van der Waals surface area contributed by atoms with Crippen LogP contribution in [0.5, 0.6) is 5.88 Å². The van der Waals surface area contributed by atoms with Gasteiger partial charge in [0.05, 0.1) is 0 Å². The maximum Gasteiger partial charge on any atom is 0.224 e. The highest BCUT2D eigenvalue weighted by Gasteiger charge is 2.00. The van der Waals surface area contributed by atoms with Gasteiger partial charge < -0.3 is 3.07 Å².